The van der Waals surface area contributed by atoms with Crippen LogP contribution in [0.15, 0.2) is 23.1 Å². The Morgan fingerprint density at radius 2 is 1.95 bits per heavy atom. The molecule has 2 unspecified atom stereocenters. The van der Waals surface area contributed by atoms with E-state index in [1.807, 2.05) is 19.1 Å². The van der Waals surface area contributed by atoms with Crippen molar-refractivity contribution in [1.29, 1.82) is 0 Å². The second-order valence-corrected chi connectivity index (χ2v) is 7.90. The predicted molar refractivity (Wildman–Crippen MR) is 78.7 cm³/mol. The second-order valence-electron chi connectivity index (χ2n) is 6.01. The number of piperidine rings is 1. The Bertz CT molecular complexity index is 612. The normalized spacial score (nSPS) is 27.5. The van der Waals surface area contributed by atoms with Crippen LogP contribution in [0.5, 0.6) is 0 Å². The number of hydrogen-bond acceptors (Lipinski definition) is 3. The first-order chi connectivity index (χ1) is 9.50. The van der Waals surface area contributed by atoms with Crippen molar-refractivity contribution in [1.82, 2.24) is 4.31 Å². The van der Waals surface area contributed by atoms with Gasteiger partial charge in [0.05, 0.1) is 11.1 Å². The first-order valence-electron chi connectivity index (χ1n) is 7.39. The zero-order valence-electron chi connectivity index (χ0n) is 11.9. The molecule has 1 fully saturated rings. The molecule has 1 aromatic rings. The lowest BCUT2D eigenvalue weighted by atomic mass is 9.99. The van der Waals surface area contributed by atoms with E-state index < -0.39 is 16.2 Å². The molecule has 110 valence electrons. The molecule has 2 aliphatic rings. The second kappa shape index (κ2) is 5.13. The van der Waals surface area contributed by atoms with Crippen LogP contribution < -0.4 is 5.73 Å². The summed E-state index contributed by atoms with van der Waals surface area (Å²) in [4.78, 5) is 0.405. The van der Waals surface area contributed by atoms with Crippen molar-refractivity contribution in [2.24, 2.45) is 11.7 Å². The third-order valence-electron chi connectivity index (χ3n) is 4.63. The fraction of sp³-hybridized carbons (Fsp3) is 0.600. The minimum Gasteiger partial charge on any atom is -0.315 e. The number of nitrogens with two attached hydrogens (primary N) is 1. The van der Waals surface area contributed by atoms with E-state index in [1.165, 1.54) is 15.4 Å². The summed E-state index contributed by atoms with van der Waals surface area (Å²) < 4.78 is 27.1. The largest absolute Gasteiger partial charge is 0.315 e. The molecule has 0 amide bonds. The van der Waals surface area contributed by atoms with Crippen LogP contribution in [-0.4, -0.2) is 25.4 Å². The van der Waals surface area contributed by atoms with Crippen molar-refractivity contribution in [3.8, 4) is 0 Å². The van der Waals surface area contributed by atoms with Gasteiger partial charge in [0.1, 0.15) is 0 Å². The number of nitrogens with zero attached hydrogens (tertiary/aromatic N) is 1. The highest BCUT2D eigenvalue weighted by Crippen LogP contribution is 2.29. The molecular weight excluding hydrogens is 272 g/mol. The van der Waals surface area contributed by atoms with Crippen molar-refractivity contribution in [2.45, 2.75) is 50.1 Å². The molecule has 2 N–H and O–H groups in total. The molecule has 1 aliphatic heterocycles. The van der Waals surface area contributed by atoms with Crippen molar-refractivity contribution in [3.05, 3.63) is 29.3 Å². The minimum atomic E-state index is -3.46. The van der Waals surface area contributed by atoms with Gasteiger partial charge in [0.2, 0.25) is 10.0 Å². The molecule has 4 nitrogen and oxygen atoms in total. The Morgan fingerprint density at radius 3 is 2.75 bits per heavy atom. The Morgan fingerprint density at radius 1 is 1.20 bits per heavy atom. The zero-order valence-corrected chi connectivity index (χ0v) is 12.7. The summed E-state index contributed by atoms with van der Waals surface area (Å²) >= 11 is 0. The van der Waals surface area contributed by atoms with E-state index in [9.17, 15) is 8.42 Å². The SMILES string of the molecule is CC1CCCN(S(=O)(=O)c2ccc3c(c2)CCC3)C1N. The molecule has 0 radical (unpaired) electrons. The van der Waals surface area contributed by atoms with Crippen LogP contribution in [0, 0.1) is 5.92 Å². The molecule has 0 spiro atoms. The summed E-state index contributed by atoms with van der Waals surface area (Å²) in [6, 6.07) is 5.56. The third-order valence-corrected chi connectivity index (χ3v) is 6.52. The predicted octanol–water partition coefficient (Wildman–Crippen LogP) is 1.88. The summed E-state index contributed by atoms with van der Waals surface area (Å²) in [5.41, 5.74) is 8.58. The number of rotatable bonds is 2. The van der Waals surface area contributed by atoms with Crippen molar-refractivity contribution in [3.63, 3.8) is 0 Å². The molecule has 1 aromatic carbocycles. The van der Waals surface area contributed by atoms with Crippen molar-refractivity contribution < 1.29 is 8.42 Å². The fourth-order valence-electron chi connectivity index (χ4n) is 3.30. The highest BCUT2D eigenvalue weighted by molar-refractivity contribution is 7.89. The van der Waals surface area contributed by atoms with Gasteiger partial charge in [0.15, 0.2) is 0 Å². The maximum absolute atomic E-state index is 12.8. The number of benzene rings is 1. The van der Waals surface area contributed by atoms with Gasteiger partial charge in [0.25, 0.3) is 0 Å². The third kappa shape index (κ3) is 2.28. The first kappa shape index (κ1) is 14.0. The first-order valence-corrected chi connectivity index (χ1v) is 8.83. The molecule has 20 heavy (non-hydrogen) atoms. The minimum absolute atomic E-state index is 0.216. The number of hydrogen-bond donors (Lipinski definition) is 1. The highest BCUT2D eigenvalue weighted by atomic mass is 32.2. The maximum atomic E-state index is 12.8. The van der Waals surface area contributed by atoms with Crippen LogP contribution in [0.1, 0.15) is 37.3 Å². The highest BCUT2D eigenvalue weighted by Gasteiger charge is 2.35. The average molecular weight is 294 g/mol. The van der Waals surface area contributed by atoms with Crippen LogP contribution >= 0.6 is 0 Å². The van der Waals surface area contributed by atoms with Gasteiger partial charge in [-0.25, -0.2) is 8.42 Å². The van der Waals surface area contributed by atoms with Gasteiger partial charge in [-0.1, -0.05) is 13.0 Å². The maximum Gasteiger partial charge on any atom is 0.244 e. The van der Waals surface area contributed by atoms with Gasteiger partial charge in [-0.05, 0) is 61.3 Å². The van der Waals surface area contributed by atoms with E-state index in [2.05, 4.69) is 0 Å². The molecule has 0 bridgehead atoms. The van der Waals surface area contributed by atoms with Gasteiger partial charge in [-0.15, -0.1) is 0 Å². The Hall–Kier alpha value is -0.910. The van der Waals surface area contributed by atoms with Gasteiger partial charge in [-0.2, -0.15) is 4.31 Å². The number of fused-ring (bicyclic) bond motifs is 1. The lowest BCUT2D eigenvalue weighted by molar-refractivity contribution is 0.192. The quantitative estimate of drug-likeness (QED) is 0.906. The number of aryl methyl sites for hydroxylation is 2. The van der Waals surface area contributed by atoms with Crippen LogP contribution in [-0.2, 0) is 22.9 Å². The average Bonchev–Trinajstić information content (AvgIpc) is 2.89. The molecule has 1 aliphatic carbocycles. The molecule has 1 heterocycles. The molecule has 5 heteroatoms. The van der Waals surface area contributed by atoms with Crippen LogP contribution in [0.2, 0.25) is 0 Å². The Balaban J connectivity index is 1.95. The lowest BCUT2D eigenvalue weighted by Crippen LogP contribution is -2.52. The summed E-state index contributed by atoms with van der Waals surface area (Å²) in [5.74, 6) is 0.216. The molecule has 0 saturated carbocycles. The van der Waals surface area contributed by atoms with Crippen LogP contribution in [0.25, 0.3) is 0 Å². The monoisotopic (exact) mass is 294 g/mol. The smallest absolute Gasteiger partial charge is 0.244 e. The van der Waals surface area contributed by atoms with E-state index >= 15 is 0 Å². The number of sulfonamides is 1. The Labute approximate surface area is 121 Å². The van der Waals surface area contributed by atoms with Crippen molar-refractivity contribution in [2.75, 3.05) is 6.54 Å². The fourth-order valence-corrected chi connectivity index (χ4v) is 5.00. The standard InChI is InChI=1S/C15H22N2O2S/c1-11-4-3-9-17(15(11)16)20(18,19)14-8-7-12-5-2-6-13(12)10-14/h7-8,10-11,15H,2-6,9,16H2,1H3. The topological polar surface area (TPSA) is 63.4 Å². The molecule has 1 saturated heterocycles. The summed E-state index contributed by atoms with van der Waals surface area (Å²) in [5, 5.41) is 0. The molecular formula is C15H22N2O2S. The van der Waals surface area contributed by atoms with E-state index in [-0.39, 0.29) is 5.92 Å². The van der Waals surface area contributed by atoms with Crippen molar-refractivity contribution >= 4 is 10.0 Å². The van der Waals surface area contributed by atoms with E-state index in [0.717, 1.165) is 32.1 Å². The van der Waals surface area contributed by atoms with Gasteiger partial charge < -0.3 is 5.73 Å². The lowest BCUT2D eigenvalue weighted by Gasteiger charge is -2.36. The van der Waals surface area contributed by atoms with E-state index in [0.29, 0.717) is 11.4 Å². The van der Waals surface area contributed by atoms with E-state index in [1.54, 1.807) is 6.07 Å². The van der Waals surface area contributed by atoms with Gasteiger partial charge in [-0.3, -0.25) is 0 Å². The van der Waals surface area contributed by atoms with E-state index in [4.69, 9.17) is 5.73 Å². The Kier molecular flexibility index (Phi) is 3.60. The zero-order chi connectivity index (χ0) is 14.3. The van der Waals surface area contributed by atoms with Gasteiger partial charge >= 0.3 is 0 Å². The van der Waals surface area contributed by atoms with Crippen LogP contribution in [0.4, 0.5) is 0 Å². The summed E-state index contributed by atoms with van der Waals surface area (Å²) in [7, 11) is -3.46. The molecule has 3 rings (SSSR count). The van der Waals surface area contributed by atoms with Crippen LogP contribution in [0.3, 0.4) is 0 Å². The summed E-state index contributed by atoms with van der Waals surface area (Å²) in [6.07, 6.45) is 4.66. The van der Waals surface area contributed by atoms with Gasteiger partial charge in [0, 0.05) is 6.54 Å². The molecule has 0 aromatic heterocycles. The molecule has 2 atom stereocenters. The summed E-state index contributed by atoms with van der Waals surface area (Å²) in [6.45, 7) is 2.56.